The summed E-state index contributed by atoms with van der Waals surface area (Å²) in [7, 11) is 1.66. The predicted octanol–water partition coefficient (Wildman–Crippen LogP) is 2.44. The van der Waals surface area contributed by atoms with Crippen molar-refractivity contribution in [1.29, 1.82) is 0 Å². The van der Waals surface area contributed by atoms with E-state index in [0.29, 0.717) is 19.6 Å². The van der Waals surface area contributed by atoms with Crippen LogP contribution in [0.15, 0.2) is 24.3 Å². The highest BCUT2D eigenvalue weighted by molar-refractivity contribution is 5.27. The highest BCUT2D eigenvalue weighted by atomic mass is 16.5. The minimum Gasteiger partial charge on any atom is -0.389 e. The predicted molar refractivity (Wildman–Crippen MR) is 77.2 cm³/mol. The van der Waals surface area contributed by atoms with Crippen LogP contribution in [0, 0.1) is 0 Å². The summed E-state index contributed by atoms with van der Waals surface area (Å²) in [6, 6.07) is 8.84. The molecule has 0 heterocycles. The Morgan fingerprint density at radius 2 is 2.00 bits per heavy atom. The molecule has 2 rings (SSSR count). The molecule has 1 atom stereocenters. The molecule has 1 aliphatic carbocycles. The van der Waals surface area contributed by atoms with E-state index < -0.39 is 5.60 Å². The first-order chi connectivity index (χ1) is 9.11. The average Bonchev–Trinajstić information content (AvgIpc) is 3.21. The summed E-state index contributed by atoms with van der Waals surface area (Å²) in [6.45, 7) is 3.81. The molecule has 1 fully saturated rings. The maximum absolute atomic E-state index is 10.1. The Labute approximate surface area is 116 Å². The Morgan fingerprint density at radius 1 is 1.32 bits per heavy atom. The van der Waals surface area contributed by atoms with E-state index in [1.54, 1.807) is 7.11 Å². The molecule has 0 bridgehead atoms. The lowest BCUT2D eigenvalue weighted by Crippen LogP contribution is -2.38. The smallest absolute Gasteiger partial charge is 0.0765 e. The van der Waals surface area contributed by atoms with E-state index in [1.165, 1.54) is 24.0 Å². The summed E-state index contributed by atoms with van der Waals surface area (Å²) in [5.41, 5.74) is 2.03. The highest BCUT2D eigenvalue weighted by Gasteiger charge is 2.23. The van der Waals surface area contributed by atoms with Crippen molar-refractivity contribution in [1.82, 2.24) is 5.32 Å². The van der Waals surface area contributed by atoms with Gasteiger partial charge in [-0.1, -0.05) is 24.3 Å². The fourth-order valence-corrected chi connectivity index (χ4v) is 2.21. The number of hydrogen-bond donors (Lipinski definition) is 2. The molecule has 0 spiro atoms. The van der Waals surface area contributed by atoms with Gasteiger partial charge in [0.2, 0.25) is 0 Å². The lowest BCUT2D eigenvalue weighted by molar-refractivity contribution is 0.0247. The SMILES string of the molecule is COCCC(C)(O)CNCc1ccc(C2CC2)cc1. The van der Waals surface area contributed by atoms with Gasteiger partial charge in [0.1, 0.15) is 0 Å². The van der Waals surface area contributed by atoms with Gasteiger partial charge in [-0.2, -0.15) is 0 Å². The van der Waals surface area contributed by atoms with E-state index in [9.17, 15) is 5.11 Å². The lowest BCUT2D eigenvalue weighted by Gasteiger charge is -2.23. The van der Waals surface area contributed by atoms with Crippen LogP contribution in [0.25, 0.3) is 0 Å². The van der Waals surface area contributed by atoms with Gasteiger partial charge in [-0.15, -0.1) is 0 Å². The van der Waals surface area contributed by atoms with Gasteiger partial charge >= 0.3 is 0 Å². The van der Waals surface area contributed by atoms with Crippen molar-refractivity contribution in [2.24, 2.45) is 0 Å². The Bertz CT molecular complexity index is 382. The summed E-state index contributed by atoms with van der Waals surface area (Å²) < 4.78 is 5.00. The maximum atomic E-state index is 10.1. The van der Waals surface area contributed by atoms with Gasteiger partial charge in [0.15, 0.2) is 0 Å². The zero-order valence-electron chi connectivity index (χ0n) is 12.0. The van der Waals surface area contributed by atoms with Crippen LogP contribution >= 0.6 is 0 Å². The van der Waals surface area contributed by atoms with Crippen molar-refractivity contribution in [3.63, 3.8) is 0 Å². The molecule has 0 radical (unpaired) electrons. The molecule has 1 aromatic rings. The zero-order chi connectivity index (χ0) is 13.7. The van der Waals surface area contributed by atoms with Crippen molar-refractivity contribution in [3.05, 3.63) is 35.4 Å². The second kappa shape index (κ2) is 6.51. The molecule has 106 valence electrons. The van der Waals surface area contributed by atoms with Gasteiger partial charge in [-0.05, 0) is 36.8 Å². The van der Waals surface area contributed by atoms with Crippen molar-refractivity contribution in [2.75, 3.05) is 20.3 Å². The van der Waals surface area contributed by atoms with Gasteiger partial charge in [-0.3, -0.25) is 0 Å². The first-order valence-electron chi connectivity index (χ1n) is 7.11. The second-order valence-corrected chi connectivity index (χ2v) is 5.86. The van der Waals surface area contributed by atoms with E-state index in [1.807, 2.05) is 6.92 Å². The van der Waals surface area contributed by atoms with Crippen LogP contribution in [0.2, 0.25) is 0 Å². The molecule has 3 nitrogen and oxygen atoms in total. The Hall–Kier alpha value is -0.900. The third kappa shape index (κ3) is 4.94. The molecule has 1 aromatic carbocycles. The quantitative estimate of drug-likeness (QED) is 0.757. The number of benzene rings is 1. The van der Waals surface area contributed by atoms with Gasteiger partial charge in [-0.25, -0.2) is 0 Å². The maximum Gasteiger partial charge on any atom is 0.0765 e. The Morgan fingerprint density at radius 3 is 2.58 bits per heavy atom. The molecular weight excluding hydrogens is 238 g/mol. The van der Waals surface area contributed by atoms with Crippen LogP contribution in [0.3, 0.4) is 0 Å². The molecule has 0 aliphatic heterocycles. The van der Waals surface area contributed by atoms with E-state index >= 15 is 0 Å². The molecule has 0 saturated heterocycles. The Kier molecular flexibility index (Phi) is 4.97. The first kappa shape index (κ1) is 14.5. The third-order valence-corrected chi connectivity index (χ3v) is 3.71. The number of methoxy groups -OCH3 is 1. The highest BCUT2D eigenvalue weighted by Crippen LogP contribution is 2.39. The van der Waals surface area contributed by atoms with Crippen molar-refractivity contribution >= 4 is 0 Å². The fourth-order valence-electron chi connectivity index (χ4n) is 2.21. The van der Waals surface area contributed by atoms with Crippen molar-refractivity contribution < 1.29 is 9.84 Å². The van der Waals surface area contributed by atoms with Crippen molar-refractivity contribution in [2.45, 2.75) is 44.2 Å². The lowest BCUT2D eigenvalue weighted by atomic mass is 10.0. The largest absolute Gasteiger partial charge is 0.389 e. The molecule has 19 heavy (non-hydrogen) atoms. The third-order valence-electron chi connectivity index (χ3n) is 3.71. The van der Waals surface area contributed by atoms with Crippen LogP contribution in [-0.4, -0.2) is 31.0 Å². The van der Waals surface area contributed by atoms with Gasteiger partial charge in [0.25, 0.3) is 0 Å². The number of hydrogen-bond acceptors (Lipinski definition) is 3. The topological polar surface area (TPSA) is 41.5 Å². The van der Waals surface area contributed by atoms with Crippen LogP contribution in [-0.2, 0) is 11.3 Å². The number of ether oxygens (including phenoxy) is 1. The molecule has 3 heteroatoms. The van der Waals surface area contributed by atoms with E-state index in [0.717, 1.165) is 12.5 Å². The minimum absolute atomic E-state index is 0.584. The molecule has 0 amide bonds. The van der Waals surface area contributed by atoms with E-state index in [2.05, 4.69) is 29.6 Å². The standard InChI is InChI=1S/C16H25NO2/c1-16(18,9-10-19-2)12-17-11-13-3-5-14(6-4-13)15-7-8-15/h3-6,15,17-18H,7-12H2,1-2H3. The van der Waals surface area contributed by atoms with Crippen LogP contribution in [0.1, 0.15) is 43.2 Å². The molecule has 1 aliphatic rings. The average molecular weight is 263 g/mol. The van der Waals surface area contributed by atoms with Crippen LogP contribution in [0.5, 0.6) is 0 Å². The molecular formula is C16H25NO2. The van der Waals surface area contributed by atoms with Gasteiger partial charge in [0, 0.05) is 33.2 Å². The number of rotatable bonds is 8. The van der Waals surface area contributed by atoms with E-state index in [-0.39, 0.29) is 0 Å². The Balaban J connectivity index is 1.72. The first-order valence-corrected chi connectivity index (χ1v) is 7.11. The summed E-state index contributed by atoms with van der Waals surface area (Å²) in [5, 5.41) is 13.4. The summed E-state index contributed by atoms with van der Waals surface area (Å²) in [5.74, 6) is 0.816. The normalized spacial score (nSPS) is 18.3. The zero-order valence-corrected chi connectivity index (χ0v) is 12.0. The number of nitrogens with one attached hydrogen (secondary N) is 1. The summed E-state index contributed by atoms with van der Waals surface area (Å²) in [4.78, 5) is 0. The van der Waals surface area contributed by atoms with Gasteiger partial charge < -0.3 is 15.2 Å². The number of aliphatic hydroxyl groups is 1. The van der Waals surface area contributed by atoms with E-state index in [4.69, 9.17) is 4.74 Å². The summed E-state index contributed by atoms with van der Waals surface area (Å²) in [6.07, 6.45) is 3.34. The molecule has 2 N–H and O–H groups in total. The van der Waals surface area contributed by atoms with Crippen LogP contribution in [0.4, 0.5) is 0 Å². The fraction of sp³-hybridized carbons (Fsp3) is 0.625. The van der Waals surface area contributed by atoms with Crippen molar-refractivity contribution in [3.8, 4) is 0 Å². The minimum atomic E-state index is -0.704. The molecule has 1 saturated carbocycles. The second-order valence-electron chi connectivity index (χ2n) is 5.86. The van der Waals surface area contributed by atoms with Gasteiger partial charge in [0.05, 0.1) is 5.60 Å². The van der Waals surface area contributed by atoms with Crippen LogP contribution < -0.4 is 5.32 Å². The molecule has 1 unspecified atom stereocenters. The monoisotopic (exact) mass is 263 g/mol. The molecule has 0 aromatic heterocycles. The summed E-state index contributed by atoms with van der Waals surface area (Å²) >= 11 is 0.